The van der Waals surface area contributed by atoms with Gasteiger partial charge in [0, 0.05) is 43.9 Å². The van der Waals surface area contributed by atoms with E-state index in [2.05, 4.69) is 231 Å². The van der Waals surface area contributed by atoms with Gasteiger partial charge >= 0.3 is 0 Å². The Bertz CT molecular complexity index is 4060. The van der Waals surface area contributed by atoms with Crippen molar-refractivity contribution in [3.63, 3.8) is 0 Å². The normalized spacial score (nSPS) is 21.5. The first kappa shape index (κ1) is 41.7. The molecule has 0 saturated heterocycles. The summed E-state index contributed by atoms with van der Waals surface area (Å²) in [5.41, 5.74) is 24.2. The smallest absolute Gasteiger partial charge is 0.143 e. The van der Waals surface area contributed by atoms with E-state index in [0.29, 0.717) is 11.8 Å². The summed E-state index contributed by atoms with van der Waals surface area (Å²) in [4.78, 5) is 2.57. The zero-order valence-electron chi connectivity index (χ0n) is 41.4. The number of fused-ring (bicyclic) bond motifs is 11. The van der Waals surface area contributed by atoms with Crippen LogP contribution in [0.2, 0.25) is 0 Å². The maximum absolute atomic E-state index is 6.82. The summed E-state index contributed by atoms with van der Waals surface area (Å²) >= 11 is 0. The Morgan fingerprint density at radius 1 is 0.411 bits per heavy atom. The van der Waals surface area contributed by atoms with Gasteiger partial charge in [-0.1, -0.05) is 184 Å². The van der Waals surface area contributed by atoms with Crippen LogP contribution in [0.3, 0.4) is 0 Å². The topological polar surface area (TPSA) is 16.4 Å². The van der Waals surface area contributed by atoms with Gasteiger partial charge in [-0.2, -0.15) is 0 Å². The van der Waals surface area contributed by atoms with Crippen molar-refractivity contribution in [3.05, 3.63) is 235 Å². The first-order chi connectivity index (χ1) is 35.9. The van der Waals surface area contributed by atoms with E-state index in [0.717, 1.165) is 50.5 Å². The Labute approximate surface area is 427 Å². The number of nitrogens with zero attached hydrogens (tertiary/aromatic N) is 1. The highest BCUT2D eigenvalue weighted by Crippen LogP contribution is 2.70. The van der Waals surface area contributed by atoms with Crippen molar-refractivity contribution < 1.29 is 4.42 Å². The van der Waals surface area contributed by atoms with Gasteiger partial charge in [0.15, 0.2) is 0 Å². The third-order valence-electron chi connectivity index (χ3n) is 18.9. The summed E-state index contributed by atoms with van der Waals surface area (Å²) in [5.74, 6) is 3.11. The van der Waals surface area contributed by atoms with Crippen LogP contribution in [-0.2, 0) is 10.8 Å². The van der Waals surface area contributed by atoms with Crippen molar-refractivity contribution in [2.24, 2.45) is 23.7 Å². The van der Waals surface area contributed by atoms with Gasteiger partial charge in [-0.3, -0.25) is 0 Å². The molecule has 11 aromatic rings. The van der Waals surface area contributed by atoms with Gasteiger partial charge in [-0.05, 0) is 176 Å². The van der Waals surface area contributed by atoms with Crippen LogP contribution in [0, 0.1) is 23.7 Å². The van der Waals surface area contributed by atoms with E-state index in [9.17, 15) is 0 Å². The molecule has 0 atom stereocenters. The lowest BCUT2D eigenvalue weighted by Crippen LogP contribution is -2.55. The number of anilines is 3. The largest absolute Gasteiger partial charge is 0.455 e. The highest BCUT2D eigenvalue weighted by atomic mass is 16.3. The summed E-state index contributed by atoms with van der Waals surface area (Å²) in [6.07, 6.45) is 6.87. The van der Waals surface area contributed by atoms with Crippen molar-refractivity contribution in [2.75, 3.05) is 4.90 Å². The molecule has 1 spiro atoms. The summed E-state index contributed by atoms with van der Waals surface area (Å²) in [5, 5.41) is 4.62. The molecule has 2 nitrogen and oxygen atoms in total. The van der Waals surface area contributed by atoms with Gasteiger partial charge in [0.1, 0.15) is 11.2 Å². The molecule has 4 fully saturated rings. The zero-order valence-corrected chi connectivity index (χ0v) is 41.4. The minimum absolute atomic E-state index is 0.0474. The molecule has 10 aromatic carbocycles. The first-order valence-electron chi connectivity index (χ1n) is 26.8. The second kappa shape index (κ2) is 15.3. The Balaban J connectivity index is 0.889. The Hall–Kier alpha value is -7.94. The lowest BCUT2D eigenvalue weighted by Gasteiger charge is -2.61. The first-order valence-corrected chi connectivity index (χ1v) is 26.8. The highest BCUT2D eigenvalue weighted by Gasteiger charge is 2.61. The Morgan fingerprint density at radius 3 is 1.77 bits per heavy atom. The van der Waals surface area contributed by atoms with Crippen LogP contribution in [-0.4, -0.2) is 0 Å². The summed E-state index contributed by atoms with van der Waals surface area (Å²) in [6.45, 7) is 4.79. The van der Waals surface area contributed by atoms with Crippen molar-refractivity contribution >= 4 is 49.8 Å². The van der Waals surface area contributed by atoms with Gasteiger partial charge in [-0.25, -0.2) is 0 Å². The third-order valence-corrected chi connectivity index (χ3v) is 18.9. The minimum atomic E-state index is -0.124. The quantitative estimate of drug-likeness (QED) is 0.165. The molecule has 0 aliphatic heterocycles. The van der Waals surface area contributed by atoms with E-state index >= 15 is 0 Å². The molecule has 0 radical (unpaired) electrons. The molecule has 0 amide bonds. The van der Waals surface area contributed by atoms with E-state index in [1.165, 1.54) is 110 Å². The molecule has 2 heteroatoms. The third kappa shape index (κ3) is 5.75. The SMILES string of the molecule is CC1(C)c2ccccc2-c2cccc(-c3ccccc3-c3ccc(N(c4ccc5c(c4)C4(c6ccccc6-5)C5CC6CC(C5)CC4C6)c4ccccc4-c4cccc5oc6c7ccccc7ccc6c45)cc3)c21. The number of benzene rings is 10. The van der Waals surface area contributed by atoms with Crippen LogP contribution in [0.15, 0.2) is 217 Å². The van der Waals surface area contributed by atoms with E-state index in [4.69, 9.17) is 4.42 Å². The van der Waals surface area contributed by atoms with Gasteiger partial charge in [0.05, 0.1) is 5.69 Å². The van der Waals surface area contributed by atoms with Crippen molar-refractivity contribution in [2.45, 2.75) is 56.8 Å². The second-order valence-corrected chi connectivity index (χ2v) is 22.7. The van der Waals surface area contributed by atoms with Crippen LogP contribution in [0.1, 0.15) is 68.2 Å². The number of hydrogen-bond acceptors (Lipinski definition) is 2. The fourth-order valence-corrected chi connectivity index (χ4v) is 16.2. The van der Waals surface area contributed by atoms with Crippen molar-refractivity contribution in [1.29, 1.82) is 0 Å². The molecule has 6 aliphatic carbocycles. The van der Waals surface area contributed by atoms with Gasteiger partial charge in [-0.15, -0.1) is 0 Å². The highest BCUT2D eigenvalue weighted by molar-refractivity contribution is 6.20. The molecular weight excluding hydrogens is 883 g/mol. The number of hydrogen-bond donors (Lipinski definition) is 0. The lowest BCUT2D eigenvalue weighted by molar-refractivity contribution is -0.0399. The molecule has 1 heterocycles. The minimum Gasteiger partial charge on any atom is -0.455 e. The summed E-state index contributed by atoms with van der Waals surface area (Å²) < 4.78 is 6.82. The fraction of sp³-hybridized carbons (Fsp3) is 0.183. The molecular formula is C71H55NO. The van der Waals surface area contributed by atoms with Crippen molar-refractivity contribution in [3.8, 4) is 55.6 Å². The fourth-order valence-electron chi connectivity index (χ4n) is 16.2. The van der Waals surface area contributed by atoms with Gasteiger partial charge < -0.3 is 9.32 Å². The molecule has 17 rings (SSSR count). The monoisotopic (exact) mass is 937 g/mol. The Morgan fingerprint density at radius 2 is 0.986 bits per heavy atom. The van der Waals surface area contributed by atoms with Crippen LogP contribution >= 0.6 is 0 Å². The molecule has 350 valence electrons. The van der Waals surface area contributed by atoms with Gasteiger partial charge in [0.25, 0.3) is 0 Å². The van der Waals surface area contributed by atoms with Gasteiger partial charge in [0.2, 0.25) is 0 Å². The van der Waals surface area contributed by atoms with Crippen LogP contribution in [0.5, 0.6) is 0 Å². The summed E-state index contributed by atoms with van der Waals surface area (Å²) in [7, 11) is 0. The molecule has 0 unspecified atom stereocenters. The standard InChI is InChI=1S/C71H55NO/c1-70(2)62-25-10-7-20-55(62)60-24-13-23-59(68(60)70)53-18-6-5-16-51(53)46-29-32-49(33-30-46)72(50-34-36-56-54-19-8-11-26-63(54)71(64(56)42-50)47-38-43-37-44(40-47)41-48(71)39-43)65-27-12-9-21-57(65)58-22-14-28-66-67(58)61-35-31-45-15-3-4-17-52(45)69(61)73-66/h3-36,42-44,47-48H,37-41H2,1-2H3. The summed E-state index contributed by atoms with van der Waals surface area (Å²) in [6, 6.07) is 80.2. The molecule has 4 saturated carbocycles. The van der Waals surface area contributed by atoms with Crippen LogP contribution in [0.25, 0.3) is 88.3 Å². The Kier molecular flexibility index (Phi) is 8.73. The molecule has 73 heavy (non-hydrogen) atoms. The second-order valence-electron chi connectivity index (χ2n) is 22.7. The predicted molar refractivity (Wildman–Crippen MR) is 303 cm³/mol. The molecule has 6 aliphatic rings. The average molecular weight is 938 g/mol. The predicted octanol–water partition coefficient (Wildman–Crippen LogP) is 19.2. The average Bonchev–Trinajstić information content (AvgIpc) is 4.11. The van der Waals surface area contributed by atoms with Crippen molar-refractivity contribution in [1.82, 2.24) is 0 Å². The maximum atomic E-state index is 6.82. The number of rotatable bonds is 6. The molecule has 4 bridgehead atoms. The van der Waals surface area contributed by atoms with Crippen LogP contribution < -0.4 is 4.90 Å². The van der Waals surface area contributed by atoms with E-state index < -0.39 is 0 Å². The van der Waals surface area contributed by atoms with E-state index in [-0.39, 0.29) is 10.8 Å². The zero-order chi connectivity index (χ0) is 48.2. The molecule has 1 aromatic heterocycles. The molecule has 0 N–H and O–H groups in total. The van der Waals surface area contributed by atoms with E-state index in [1.54, 1.807) is 11.1 Å². The van der Waals surface area contributed by atoms with E-state index in [1.807, 2.05) is 0 Å². The maximum Gasteiger partial charge on any atom is 0.143 e. The number of para-hydroxylation sites is 1. The van der Waals surface area contributed by atoms with Crippen LogP contribution in [0.4, 0.5) is 17.1 Å². The lowest BCUT2D eigenvalue weighted by atomic mass is 9.43. The number of furan rings is 1.